The minimum Gasteiger partial charge on any atom is -0.379 e. The lowest BCUT2D eigenvalue weighted by Crippen LogP contribution is -2.43. The van der Waals surface area contributed by atoms with Crippen molar-refractivity contribution in [2.75, 3.05) is 26.3 Å². The third-order valence-electron chi connectivity index (χ3n) is 4.09. The molecule has 0 unspecified atom stereocenters. The largest absolute Gasteiger partial charge is 0.379 e. The number of nitrogens with two attached hydrogens (primary N) is 1. The van der Waals surface area contributed by atoms with Crippen LogP contribution in [0.3, 0.4) is 0 Å². The highest BCUT2D eigenvalue weighted by atomic mass is 35.5. The monoisotopic (exact) mass is 377 g/mol. The molecule has 2 rings (SSSR count). The molecule has 1 aliphatic rings. The van der Waals surface area contributed by atoms with Gasteiger partial charge in [0.2, 0.25) is 5.91 Å². The van der Waals surface area contributed by atoms with Crippen LogP contribution in [-0.4, -0.2) is 43.2 Å². The second-order valence-corrected chi connectivity index (χ2v) is 6.14. The van der Waals surface area contributed by atoms with E-state index in [0.29, 0.717) is 6.54 Å². The van der Waals surface area contributed by atoms with Crippen molar-refractivity contribution in [3.63, 3.8) is 0 Å². The van der Waals surface area contributed by atoms with Gasteiger partial charge in [-0.3, -0.25) is 9.69 Å². The summed E-state index contributed by atoms with van der Waals surface area (Å²) >= 11 is 0. The second kappa shape index (κ2) is 11.7. The van der Waals surface area contributed by atoms with Crippen LogP contribution in [0.2, 0.25) is 0 Å². The van der Waals surface area contributed by atoms with E-state index in [1.807, 2.05) is 26.0 Å². The molecule has 1 aliphatic heterocycles. The maximum atomic E-state index is 12.0. The number of carbonyl (C=O) groups is 1. The number of ether oxygens (including phenoxy) is 1. The minimum absolute atomic E-state index is 0. The first kappa shape index (κ1) is 23.1. The summed E-state index contributed by atoms with van der Waals surface area (Å²) in [7, 11) is 0. The number of rotatable bonds is 6. The molecular formula is C17H29Cl2N3O2. The molecule has 0 radical (unpaired) electrons. The number of morpholine rings is 1. The van der Waals surface area contributed by atoms with Gasteiger partial charge in [-0.25, -0.2) is 0 Å². The zero-order chi connectivity index (χ0) is 15.9. The van der Waals surface area contributed by atoms with E-state index in [1.165, 1.54) is 5.56 Å². The molecule has 1 aromatic rings. The van der Waals surface area contributed by atoms with Crippen LogP contribution in [0.1, 0.15) is 25.0 Å². The number of halogens is 2. The molecule has 7 heteroatoms. The Bertz CT molecular complexity index is 494. The van der Waals surface area contributed by atoms with Crippen LogP contribution < -0.4 is 11.1 Å². The van der Waals surface area contributed by atoms with Gasteiger partial charge in [0.1, 0.15) is 0 Å². The average Bonchev–Trinajstić information content (AvgIpc) is 2.54. The van der Waals surface area contributed by atoms with Crippen molar-refractivity contribution >= 4 is 30.7 Å². The standard InChI is InChI=1S/C17H27N3O2.2ClH/c1-13(2)16(18)17(21)19-11-14-5-3-4-6-15(14)12-20-7-9-22-10-8-20;;/h3-6,13,16H,7-12,18H2,1-2H3,(H,19,21);2*1H/t16-;;/m1../s1. The summed E-state index contributed by atoms with van der Waals surface area (Å²) in [6.07, 6.45) is 0. The highest BCUT2D eigenvalue weighted by Crippen LogP contribution is 2.13. The first-order chi connectivity index (χ1) is 10.6. The summed E-state index contributed by atoms with van der Waals surface area (Å²) in [6.45, 7) is 8.83. The molecule has 138 valence electrons. The highest BCUT2D eigenvalue weighted by Gasteiger charge is 2.17. The fourth-order valence-corrected chi connectivity index (χ4v) is 2.49. The number of amides is 1. The molecule has 3 N–H and O–H groups in total. The molecule has 5 nitrogen and oxygen atoms in total. The van der Waals surface area contributed by atoms with Gasteiger partial charge in [-0.1, -0.05) is 38.1 Å². The van der Waals surface area contributed by atoms with Crippen molar-refractivity contribution < 1.29 is 9.53 Å². The third kappa shape index (κ3) is 6.95. The lowest BCUT2D eigenvalue weighted by atomic mass is 10.0. The smallest absolute Gasteiger partial charge is 0.237 e. The molecule has 1 fully saturated rings. The lowest BCUT2D eigenvalue weighted by Gasteiger charge is -2.27. The Balaban J connectivity index is 0.00000264. The maximum absolute atomic E-state index is 12.0. The molecule has 1 aromatic carbocycles. The quantitative estimate of drug-likeness (QED) is 0.794. The lowest BCUT2D eigenvalue weighted by molar-refractivity contribution is -0.123. The molecular weight excluding hydrogens is 349 g/mol. The molecule has 0 aliphatic carbocycles. The van der Waals surface area contributed by atoms with Crippen LogP contribution in [0.15, 0.2) is 24.3 Å². The first-order valence-corrected chi connectivity index (χ1v) is 7.98. The summed E-state index contributed by atoms with van der Waals surface area (Å²) in [6, 6.07) is 7.79. The van der Waals surface area contributed by atoms with E-state index in [1.54, 1.807) is 0 Å². The van der Waals surface area contributed by atoms with Gasteiger partial charge in [0, 0.05) is 26.2 Å². The van der Waals surface area contributed by atoms with Crippen molar-refractivity contribution in [2.24, 2.45) is 11.7 Å². The average molecular weight is 378 g/mol. The summed E-state index contributed by atoms with van der Waals surface area (Å²) in [5.74, 6) is 0.0553. The van der Waals surface area contributed by atoms with E-state index >= 15 is 0 Å². The first-order valence-electron chi connectivity index (χ1n) is 7.98. The molecule has 1 amide bonds. The zero-order valence-corrected chi connectivity index (χ0v) is 16.0. The van der Waals surface area contributed by atoms with Gasteiger partial charge in [0.25, 0.3) is 0 Å². The topological polar surface area (TPSA) is 67.6 Å². The normalized spacial score (nSPS) is 16.0. The minimum atomic E-state index is -0.452. The van der Waals surface area contributed by atoms with Gasteiger partial charge in [0.05, 0.1) is 19.3 Å². The van der Waals surface area contributed by atoms with Crippen molar-refractivity contribution in [1.29, 1.82) is 0 Å². The van der Waals surface area contributed by atoms with Crippen molar-refractivity contribution in [3.05, 3.63) is 35.4 Å². The predicted octanol–water partition coefficient (Wildman–Crippen LogP) is 1.96. The zero-order valence-electron chi connectivity index (χ0n) is 14.4. The fourth-order valence-electron chi connectivity index (χ4n) is 2.49. The molecule has 1 atom stereocenters. The van der Waals surface area contributed by atoms with Gasteiger partial charge in [-0.2, -0.15) is 0 Å². The van der Waals surface area contributed by atoms with E-state index in [2.05, 4.69) is 22.3 Å². The molecule has 0 saturated carbocycles. The van der Waals surface area contributed by atoms with Gasteiger partial charge < -0.3 is 15.8 Å². The number of hydrogen-bond donors (Lipinski definition) is 2. The van der Waals surface area contributed by atoms with Crippen LogP contribution in [0.5, 0.6) is 0 Å². The summed E-state index contributed by atoms with van der Waals surface area (Å²) in [5, 5.41) is 2.95. The molecule has 0 bridgehead atoms. The molecule has 0 spiro atoms. The van der Waals surface area contributed by atoms with Crippen LogP contribution in [0.25, 0.3) is 0 Å². The van der Waals surface area contributed by atoms with E-state index < -0.39 is 6.04 Å². The van der Waals surface area contributed by atoms with Crippen molar-refractivity contribution in [3.8, 4) is 0 Å². The Labute approximate surface area is 157 Å². The van der Waals surface area contributed by atoms with Crippen LogP contribution in [0, 0.1) is 5.92 Å². The predicted molar refractivity (Wildman–Crippen MR) is 102 cm³/mol. The van der Waals surface area contributed by atoms with Crippen molar-refractivity contribution in [1.82, 2.24) is 10.2 Å². The van der Waals surface area contributed by atoms with E-state index in [-0.39, 0.29) is 36.6 Å². The van der Waals surface area contributed by atoms with Crippen LogP contribution >= 0.6 is 24.8 Å². The Morgan fingerprint density at radius 3 is 2.38 bits per heavy atom. The molecule has 1 saturated heterocycles. The van der Waals surface area contributed by atoms with E-state index in [0.717, 1.165) is 38.4 Å². The third-order valence-corrected chi connectivity index (χ3v) is 4.09. The Morgan fingerprint density at radius 2 is 1.79 bits per heavy atom. The van der Waals surface area contributed by atoms with E-state index in [4.69, 9.17) is 10.5 Å². The summed E-state index contributed by atoms with van der Waals surface area (Å²) in [4.78, 5) is 14.4. The fraction of sp³-hybridized carbons (Fsp3) is 0.588. The van der Waals surface area contributed by atoms with Crippen LogP contribution in [-0.2, 0) is 22.6 Å². The highest BCUT2D eigenvalue weighted by molar-refractivity contribution is 5.85. The number of carbonyl (C=O) groups excluding carboxylic acids is 1. The number of nitrogens with zero attached hydrogens (tertiary/aromatic N) is 1. The van der Waals surface area contributed by atoms with Gasteiger partial charge in [-0.05, 0) is 17.0 Å². The Morgan fingerprint density at radius 1 is 1.21 bits per heavy atom. The van der Waals surface area contributed by atoms with Gasteiger partial charge in [-0.15, -0.1) is 24.8 Å². The van der Waals surface area contributed by atoms with Crippen molar-refractivity contribution in [2.45, 2.75) is 33.0 Å². The number of hydrogen-bond acceptors (Lipinski definition) is 4. The summed E-state index contributed by atoms with van der Waals surface area (Å²) < 4.78 is 5.38. The number of benzene rings is 1. The number of nitrogens with one attached hydrogen (secondary N) is 1. The molecule has 1 heterocycles. The Kier molecular flexibility index (Phi) is 11.2. The Hall–Kier alpha value is -0.850. The second-order valence-electron chi connectivity index (χ2n) is 6.14. The molecule has 24 heavy (non-hydrogen) atoms. The summed E-state index contributed by atoms with van der Waals surface area (Å²) in [5.41, 5.74) is 8.28. The SMILES string of the molecule is CC(C)[C@@H](N)C(=O)NCc1ccccc1CN1CCOCC1.Cl.Cl. The van der Waals surface area contributed by atoms with Crippen LogP contribution in [0.4, 0.5) is 0 Å². The van der Waals surface area contributed by atoms with Gasteiger partial charge in [0.15, 0.2) is 0 Å². The maximum Gasteiger partial charge on any atom is 0.237 e. The molecule has 0 aromatic heterocycles. The van der Waals surface area contributed by atoms with Gasteiger partial charge >= 0.3 is 0 Å². The van der Waals surface area contributed by atoms with E-state index in [9.17, 15) is 4.79 Å².